The molecule has 0 atom stereocenters. The zero-order valence-corrected chi connectivity index (χ0v) is 19.1. The fraction of sp³-hybridized carbons (Fsp3) is 0.478. The van der Waals surface area contributed by atoms with E-state index in [4.69, 9.17) is 14.2 Å². The van der Waals surface area contributed by atoms with E-state index in [1.165, 1.54) is 0 Å². The third kappa shape index (κ3) is 6.02. The van der Waals surface area contributed by atoms with Crippen molar-refractivity contribution in [2.45, 2.75) is 39.8 Å². The first-order valence-corrected chi connectivity index (χ1v) is 10.9. The highest BCUT2D eigenvalue weighted by molar-refractivity contribution is 5.78. The van der Waals surface area contributed by atoms with Crippen molar-refractivity contribution in [3.05, 3.63) is 40.9 Å². The quantitative estimate of drug-likeness (QED) is 0.428. The predicted octanol–water partition coefficient (Wildman–Crippen LogP) is 3.13. The third-order valence-electron chi connectivity index (χ3n) is 4.74. The van der Waals surface area contributed by atoms with Crippen LogP contribution in [0.15, 0.2) is 35.4 Å². The number of nitrogens with one attached hydrogen (secondary N) is 1. The van der Waals surface area contributed by atoms with Crippen molar-refractivity contribution in [3.63, 3.8) is 0 Å². The Morgan fingerprint density at radius 3 is 2.59 bits per heavy atom. The lowest BCUT2D eigenvalue weighted by molar-refractivity contribution is 0.0870. The van der Waals surface area contributed by atoms with Gasteiger partial charge in [-0.15, -0.1) is 0 Å². The van der Waals surface area contributed by atoms with Gasteiger partial charge in [-0.05, 0) is 32.4 Å². The number of rotatable bonds is 12. The van der Waals surface area contributed by atoms with Crippen molar-refractivity contribution in [2.24, 2.45) is 0 Å². The highest BCUT2D eigenvalue weighted by Crippen LogP contribution is 2.23. The average Bonchev–Trinajstić information content (AvgIpc) is 2.80. The zero-order chi connectivity index (χ0) is 22.9. The minimum absolute atomic E-state index is 0.126. The van der Waals surface area contributed by atoms with Crippen LogP contribution in [0.4, 0.5) is 5.82 Å². The van der Waals surface area contributed by atoms with Crippen molar-refractivity contribution in [2.75, 3.05) is 38.8 Å². The monoisotopic (exact) mass is 441 g/mol. The molecular formula is C23H31N5O4. The highest BCUT2D eigenvalue weighted by Gasteiger charge is 2.13. The molecule has 0 fully saturated rings. The molecule has 0 aliphatic heterocycles. The van der Waals surface area contributed by atoms with Crippen molar-refractivity contribution in [1.29, 1.82) is 0 Å². The fourth-order valence-electron chi connectivity index (χ4n) is 3.15. The molecule has 3 rings (SSSR count). The largest absolute Gasteiger partial charge is 0.481 e. The molecule has 0 unspecified atom stereocenters. The van der Waals surface area contributed by atoms with Gasteiger partial charge in [-0.3, -0.25) is 9.36 Å². The SMILES string of the molecule is CCCOCCn1c(=O)c(NCCOC(C)C)nc2ncc(-c3ccc(OC)nc3)cc21. The van der Waals surface area contributed by atoms with Gasteiger partial charge in [0.05, 0.1) is 31.9 Å². The molecule has 32 heavy (non-hydrogen) atoms. The van der Waals surface area contributed by atoms with Crippen LogP contribution in [-0.4, -0.2) is 59.1 Å². The molecule has 9 nitrogen and oxygen atoms in total. The minimum atomic E-state index is -0.214. The molecule has 3 heterocycles. The van der Waals surface area contributed by atoms with E-state index >= 15 is 0 Å². The Hall–Kier alpha value is -3.04. The standard InChI is InChI=1S/C23H31N5O4/c1-5-10-31-12-9-28-19-13-18(17-6-7-20(30-4)25-14-17)15-26-21(19)27-22(23(28)29)24-8-11-32-16(2)3/h6-7,13-16H,5,8-12H2,1-4H3,(H,24,26,27). The molecule has 0 saturated heterocycles. The van der Waals surface area contributed by atoms with E-state index in [1.807, 2.05) is 32.9 Å². The summed E-state index contributed by atoms with van der Waals surface area (Å²) in [6, 6.07) is 5.60. The molecule has 0 spiro atoms. The van der Waals surface area contributed by atoms with Crippen molar-refractivity contribution >= 4 is 17.0 Å². The number of anilines is 1. The van der Waals surface area contributed by atoms with Crippen LogP contribution in [0.2, 0.25) is 0 Å². The molecular weight excluding hydrogens is 410 g/mol. The van der Waals surface area contributed by atoms with Gasteiger partial charge in [-0.2, -0.15) is 0 Å². The van der Waals surface area contributed by atoms with E-state index in [0.29, 0.717) is 50.0 Å². The van der Waals surface area contributed by atoms with Crippen molar-refractivity contribution in [3.8, 4) is 17.0 Å². The maximum atomic E-state index is 13.2. The lowest BCUT2D eigenvalue weighted by Gasteiger charge is -2.14. The first kappa shape index (κ1) is 23.6. The minimum Gasteiger partial charge on any atom is -0.481 e. The second kappa shape index (κ2) is 11.5. The molecule has 0 amide bonds. The summed E-state index contributed by atoms with van der Waals surface area (Å²) >= 11 is 0. The number of hydrogen-bond acceptors (Lipinski definition) is 8. The molecule has 0 saturated carbocycles. The molecule has 3 aromatic rings. The van der Waals surface area contributed by atoms with Gasteiger partial charge in [0, 0.05) is 49.3 Å². The Morgan fingerprint density at radius 2 is 1.91 bits per heavy atom. The summed E-state index contributed by atoms with van der Waals surface area (Å²) in [5.74, 6) is 0.790. The van der Waals surface area contributed by atoms with Crippen LogP contribution in [0.25, 0.3) is 22.3 Å². The molecule has 0 aliphatic rings. The number of ether oxygens (including phenoxy) is 3. The third-order valence-corrected chi connectivity index (χ3v) is 4.74. The van der Waals surface area contributed by atoms with Gasteiger partial charge in [0.2, 0.25) is 5.88 Å². The molecule has 9 heteroatoms. The Morgan fingerprint density at radius 1 is 1.09 bits per heavy atom. The number of aromatic nitrogens is 4. The number of pyridine rings is 2. The second-order valence-corrected chi connectivity index (χ2v) is 7.53. The molecule has 1 N–H and O–H groups in total. The summed E-state index contributed by atoms with van der Waals surface area (Å²) in [4.78, 5) is 26.4. The van der Waals surface area contributed by atoms with E-state index in [9.17, 15) is 4.79 Å². The normalized spacial score (nSPS) is 11.3. The van der Waals surface area contributed by atoms with Crippen molar-refractivity contribution in [1.82, 2.24) is 19.5 Å². The van der Waals surface area contributed by atoms with Gasteiger partial charge in [0.25, 0.3) is 5.56 Å². The van der Waals surface area contributed by atoms with Gasteiger partial charge in [0.1, 0.15) is 0 Å². The maximum absolute atomic E-state index is 13.2. The number of hydrogen-bond donors (Lipinski definition) is 1. The predicted molar refractivity (Wildman–Crippen MR) is 124 cm³/mol. The first-order valence-electron chi connectivity index (χ1n) is 10.9. The Balaban J connectivity index is 1.95. The summed E-state index contributed by atoms with van der Waals surface area (Å²) in [6.45, 7) is 8.43. The van der Waals surface area contributed by atoms with Crippen LogP contribution < -0.4 is 15.6 Å². The summed E-state index contributed by atoms with van der Waals surface area (Å²) in [5.41, 5.74) is 2.62. The van der Waals surface area contributed by atoms with Crippen LogP contribution >= 0.6 is 0 Å². The summed E-state index contributed by atoms with van der Waals surface area (Å²) < 4.78 is 18.0. The fourth-order valence-corrected chi connectivity index (χ4v) is 3.15. The topological polar surface area (TPSA) is 100 Å². The molecule has 0 aromatic carbocycles. The van der Waals surface area contributed by atoms with E-state index < -0.39 is 0 Å². The average molecular weight is 442 g/mol. The smallest absolute Gasteiger partial charge is 0.293 e. The van der Waals surface area contributed by atoms with Gasteiger partial charge >= 0.3 is 0 Å². The van der Waals surface area contributed by atoms with E-state index in [0.717, 1.165) is 17.5 Å². The van der Waals surface area contributed by atoms with E-state index in [1.54, 1.807) is 30.1 Å². The van der Waals surface area contributed by atoms with Crippen LogP contribution in [0, 0.1) is 0 Å². The van der Waals surface area contributed by atoms with E-state index in [2.05, 4.69) is 20.3 Å². The zero-order valence-electron chi connectivity index (χ0n) is 19.1. The summed E-state index contributed by atoms with van der Waals surface area (Å²) in [5, 5.41) is 3.09. The summed E-state index contributed by atoms with van der Waals surface area (Å²) in [7, 11) is 1.57. The van der Waals surface area contributed by atoms with Crippen LogP contribution in [0.1, 0.15) is 27.2 Å². The molecule has 0 bridgehead atoms. The Bertz CT molecular complexity index is 1070. The number of nitrogens with zero attached hydrogens (tertiary/aromatic N) is 4. The molecule has 0 aliphatic carbocycles. The molecule has 172 valence electrons. The lowest BCUT2D eigenvalue weighted by atomic mass is 10.1. The van der Waals surface area contributed by atoms with Gasteiger partial charge in [0.15, 0.2) is 11.5 Å². The Kier molecular flexibility index (Phi) is 8.52. The van der Waals surface area contributed by atoms with Crippen LogP contribution in [0.5, 0.6) is 5.88 Å². The first-order chi connectivity index (χ1) is 15.5. The second-order valence-electron chi connectivity index (χ2n) is 7.53. The Labute approximate surface area is 187 Å². The number of fused-ring (bicyclic) bond motifs is 1. The van der Waals surface area contributed by atoms with Crippen LogP contribution in [-0.2, 0) is 16.0 Å². The van der Waals surface area contributed by atoms with Crippen LogP contribution in [0.3, 0.4) is 0 Å². The lowest BCUT2D eigenvalue weighted by Crippen LogP contribution is -2.28. The highest BCUT2D eigenvalue weighted by atomic mass is 16.5. The number of methoxy groups -OCH3 is 1. The van der Waals surface area contributed by atoms with Gasteiger partial charge in [-0.1, -0.05) is 6.92 Å². The van der Waals surface area contributed by atoms with E-state index in [-0.39, 0.29) is 17.5 Å². The van der Waals surface area contributed by atoms with Gasteiger partial charge in [-0.25, -0.2) is 15.0 Å². The molecule has 0 radical (unpaired) electrons. The van der Waals surface area contributed by atoms with Crippen molar-refractivity contribution < 1.29 is 14.2 Å². The maximum Gasteiger partial charge on any atom is 0.293 e. The van der Waals surface area contributed by atoms with Gasteiger partial charge < -0.3 is 19.5 Å². The summed E-state index contributed by atoms with van der Waals surface area (Å²) in [6.07, 6.45) is 4.49. The molecule has 3 aromatic heterocycles.